The lowest BCUT2D eigenvalue weighted by Crippen LogP contribution is -2.76. The molecule has 2 aliphatic heterocycles. The second-order valence-electron chi connectivity index (χ2n) is 10.3. The van der Waals surface area contributed by atoms with Crippen molar-refractivity contribution in [2.75, 3.05) is 19.6 Å². The van der Waals surface area contributed by atoms with Gasteiger partial charge in [-0.2, -0.15) is 5.01 Å². The van der Waals surface area contributed by atoms with Gasteiger partial charge in [-0.05, 0) is 28.3 Å². The molecular weight excluding hydrogens is 502 g/mol. The quantitative estimate of drug-likeness (QED) is 0.441. The highest BCUT2D eigenvalue weighted by molar-refractivity contribution is 5.92. The summed E-state index contributed by atoms with van der Waals surface area (Å²) in [6.07, 6.45) is 7.22. The van der Waals surface area contributed by atoms with Gasteiger partial charge in [0.05, 0.1) is 19.6 Å². The summed E-state index contributed by atoms with van der Waals surface area (Å²) in [5, 5.41) is 8.36. The number of hydrogen-bond acceptors (Lipinski definition) is 4. The first kappa shape index (κ1) is 27.2. The van der Waals surface area contributed by atoms with Gasteiger partial charge in [0.15, 0.2) is 0 Å². The third-order valence-electron chi connectivity index (χ3n) is 7.67. The molecule has 0 spiro atoms. The van der Waals surface area contributed by atoms with Gasteiger partial charge in [0.25, 0.3) is 0 Å². The first-order chi connectivity index (χ1) is 19.5. The van der Waals surface area contributed by atoms with Gasteiger partial charge in [0, 0.05) is 13.1 Å². The lowest BCUT2D eigenvalue weighted by atomic mass is 9.99. The van der Waals surface area contributed by atoms with Crippen molar-refractivity contribution in [1.29, 1.82) is 0 Å². The van der Waals surface area contributed by atoms with Crippen LogP contribution < -0.4 is 5.32 Å². The molecule has 8 heteroatoms. The maximum absolute atomic E-state index is 13.9. The molecule has 206 valence electrons. The van der Waals surface area contributed by atoms with Crippen LogP contribution in [0.4, 0.5) is 4.79 Å². The van der Waals surface area contributed by atoms with Gasteiger partial charge in [0.1, 0.15) is 12.2 Å². The standard InChI is InChI=1S/C32H35N5O3/c1-3-5-18-28-31(39)34(21-26-16-11-15-25-14-9-10-17-27(25)26)22-29-36(28)30(38)23-35(19-4-2)37(29)32(40)33-20-24-12-7-6-8-13-24/h2,6-17,28-29H,3,5,18-23H2,1H3,(H,33,40)/t28-,29-/m0/s1. The van der Waals surface area contributed by atoms with Crippen molar-refractivity contribution in [1.82, 2.24) is 25.1 Å². The second kappa shape index (κ2) is 12.2. The molecule has 3 aromatic rings. The third-order valence-corrected chi connectivity index (χ3v) is 7.67. The number of unbranched alkanes of at least 4 members (excludes halogenated alkanes) is 1. The van der Waals surface area contributed by atoms with E-state index in [1.165, 1.54) is 0 Å². The number of terminal acetylenes is 1. The number of carbonyl (C=O) groups is 3. The maximum Gasteiger partial charge on any atom is 0.334 e. The molecule has 0 radical (unpaired) electrons. The molecule has 1 N–H and O–H groups in total. The minimum Gasteiger partial charge on any atom is -0.333 e. The smallest absolute Gasteiger partial charge is 0.333 e. The van der Waals surface area contributed by atoms with E-state index < -0.39 is 12.2 Å². The van der Waals surface area contributed by atoms with E-state index in [1.54, 1.807) is 19.8 Å². The number of benzene rings is 3. The van der Waals surface area contributed by atoms with Crippen LogP contribution in [0.1, 0.15) is 37.3 Å². The maximum atomic E-state index is 13.9. The van der Waals surface area contributed by atoms with Crippen molar-refractivity contribution < 1.29 is 14.4 Å². The summed E-state index contributed by atoms with van der Waals surface area (Å²) in [4.78, 5) is 44.6. The van der Waals surface area contributed by atoms with Crippen molar-refractivity contribution in [2.45, 2.75) is 51.5 Å². The highest BCUT2D eigenvalue weighted by atomic mass is 16.2. The third kappa shape index (κ3) is 5.51. The molecule has 0 bridgehead atoms. The van der Waals surface area contributed by atoms with Crippen LogP contribution in [0.5, 0.6) is 0 Å². The topological polar surface area (TPSA) is 76.2 Å². The highest BCUT2D eigenvalue weighted by Gasteiger charge is 2.51. The normalized spacial score (nSPS) is 19.4. The van der Waals surface area contributed by atoms with Crippen LogP contribution in [0.2, 0.25) is 0 Å². The zero-order valence-electron chi connectivity index (χ0n) is 22.8. The van der Waals surface area contributed by atoms with E-state index >= 15 is 0 Å². The number of hydrazine groups is 1. The summed E-state index contributed by atoms with van der Waals surface area (Å²) in [6.45, 7) is 3.02. The van der Waals surface area contributed by atoms with E-state index in [2.05, 4.69) is 36.4 Å². The predicted octanol–water partition coefficient (Wildman–Crippen LogP) is 3.97. The van der Waals surface area contributed by atoms with Crippen molar-refractivity contribution in [3.8, 4) is 12.3 Å². The van der Waals surface area contributed by atoms with Crippen molar-refractivity contribution >= 4 is 28.6 Å². The zero-order valence-corrected chi connectivity index (χ0v) is 22.8. The van der Waals surface area contributed by atoms with E-state index in [0.717, 1.165) is 34.7 Å². The number of urea groups is 1. The molecular formula is C32H35N5O3. The van der Waals surface area contributed by atoms with Gasteiger partial charge in [-0.3, -0.25) is 9.59 Å². The van der Waals surface area contributed by atoms with Gasteiger partial charge in [-0.1, -0.05) is 98.5 Å². The Morgan fingerprint density at radius 2 is 1.77 bits per heavy atom. The Bertz CT molecular complexity index is 1410. The van der Waals surface area contributed by atoms with Crippen LogP contribution in [-0.4, -0.2) is 69.5 Å². The van der Waals surface area contributed by atoms with E-state index in [4.69, 9.17) is 6.42 Å². The number of carbonyl (C=O) groups excluding carboxylic acids is 3. The summed E-state index contributed by atoms with van der Waals surface area (Å²) in [6, 6.07) is 22.8. The molecule has 2 saturated heterocycles. The monoisotopic (exact) mass is 537 g/mol. The van der Waals surface area contributed by atoms with Gasteiger partial charge >= 0.3 is 6.03 Å². The summed E-state index contributed by atoms with van der Waals surface area (Å²) in [5.74, 6) is 2.32. The average molecular weight is 538 g/mol. The lowest BCUT2D eigenvalue weighted by molar-refractivity contribution is -0.189. The van der Waals surface area contributed by atoms with Crippen LogP contribution in [0.15, 0.2) is 72.8 Å². The second-order valence-corrected chi connectivity index (χ2v) is 10.3. The number of nitrogens with zero attached hydrogens (tertiary/aromatic N) is 4. The number of rotatable bonds is 8. The fraction of sp³-hybridized carbons (Fsp3) is 0.344. The molecule has 0 aliphatic carbocycles. The lowest BCUT2D eigenvalue weighted by Gasteiger charge is -2.55. The van der Waals surface area contributed by atoms with Gasteiger partial charge < -0.3 is 15.1 Å². The summed E-state index contributed by atoms with van der Waals surface area (Å²) >= 11 is 0. The minimum atomic E-state index is -0.667. The van der Waals surface area contributed by atoms with Crippen molar-refractivity contribution in [3.05, 3.63) is 83.9 Å². The van der Waals surface area contributed by atoms with Crippen molar-refractivity contribution in [3.63, 3.8) is 0 Å². The Balaban J connectivity index is 1.48. The van der Waals surface area contributed by atoms with Crippen LogP contribution in [-0.2, 0) is 22.7 Å². The largest absolute Gasteiger partial charge is 0.334 e. The van der Waals surface area contributed by atoms with Crippen LogP contribution in [0.25, 0.3) is 10.8 Å². The fourth-order valence-electron chi connectivity index (χ4n) is 5.74. The molecule has 3 aromatic carbocycles. The molecule has 2 aliphatic rings. The molecule has 0 aromatic heterocycles. The first-order valence-corrected chi connectivity index (χ1v) is 13.9. The van der Waals surface area contributed by atoms with Crippen molar-refractivity contribution in [2.24, 2.45) is 0 Å². The predicted molar refractivity (Wildman–Crippen MR) is 154 cm³/mol. The summed E-state index contributed by atoms with van der Waals surface area (Å²) in [7, 11) is 0. The number of nitrogens with one attached hydrogen (secondary N) is 1. The Morgan fingerprint density at radius 1 is 1.02 bits per heavy atom. The Hall–Kier alpha value is -4.35. The fourth-order valence-corrected chi connectivity index (χ4v) is 5.74. The average Bonchev–Trinajstić information content (AvgIpc) is 2.97. The van der Waals surface area contributed by atoms with Crippen LogP contribution >= 0.6 is 0 Å². The van der Waals surface area contributed by atoms with Gasteiger partial charge in [-0.25, -0.2) is 9.80 Å². The van der Waals surface area contributed by atoms with E-state index in [-0.39, 0.29) is 37.5 Å². The highest BCUT2D eigenvalue weighted by Crippen LogP contribution is 2.30. The van der Waals surface area contributed by atoms with Gasteiger partial charge in [0.2, 0.25) is 11.8 Å². The number of amides is 4. The Kier molecular flexibility index (Phi) is 8.32. The molecule has 2 fully saturated rings. The molecule has 0 saturated carbocycles. The Morgan fingerprint density at radius 3 is 2.55 bits per heavy atom. The SMILES string of the molecule is C#CCN1CC(=O)N2[C@@H](CCCC)C(=O)N(Cc3cccc4ccccc34)C[C@@H]2N1C(=O)NCc1ccccc1. The van der Waals surface area contributed by atoms with Crippen LogP contribution in [0.3, 0.4) is 0 Å². The number of fused-ring (bicyclic) bond motifs is 2. The zero-order chi connectivity index (χ0) is 28.1. The molecule has 0 unspecified atom stereocenters. The minimum absolute atomic E-state index is 0.0569. The first-order valence-electron chi connectivity index (χ1n) is 13.9. The Labute approximate surface area is 235 Å². The van der Waals surface area contributed by atoms with Gasteiger partial charge in [-0.15, -0.1) is 6.42 Å². The molecule has 2 heterocycles. The molecule has 4 amide bonds. The molecule has 8 nitrogen and oxygen atoms in total. The van der Waals surface area contributed by atoms with E-state index in [1.807, 2.05) is 54.6 Å². The summed E-state index contributed by atoms with van der Waals surface area (Å²) < 4.78 is 0. The summed E-state index contributed by atoms with van der Waals surface area (Å²) in [5.41, 5.74) is 1.98. The number of hydrogen-bond donors (Lipinski definition) is 1. The molecule has 40 heavy (non-hydrogen) atoms. The van der Waals surface area contributed by atoms with E-state index in [9.17, 15) is 14.4 Å². The van der Waals surface area contributed by atoms with Crippen LogP contribution in [0, 0.1) is 12.3 Å². The van der Waals surface area contributed by atoms with E-state index in [0.29, 0.717) is 19.5 Å². The molecule has 5 rings (SSSR count). The number of piperazine rings is 1. The molecule has 2 atom stereocenters.